The number of rotatable bonds is 9. The van der Waals surface area contributed by atoms with E-state index < -0.39 is 34.6 Å². The summed E-state index contributed by atoms with van der Waals surface area (Å²) in [7, 11) is 0.243. The van der Waals surface area contributed by atoms with Gasteiger partial charge in [0.1, 0.15) is 12.6 Å². The highest BCUT2D eigenvalue weighted by atomic mass is 35.5. The zero-order valence-corrected chi connectivity index (χ0v) is 22.4. The molecule has 8 nitrogen and oxygen atoms in total. The van der Waals surface area contributed by atoms with Crippen LogP contribution in [0.15, 0.2) is 36.4 Å². The molecule has 0 aliphatic rings. The number of likely N-dealkylation sites (N-methyl/N-ethyl adjacent to an activating group) is 1. The predicted octanol–water partition coefficient (Wildman–Crippen LogP) is 3.39. The first-order valence-corrected chi connectivity index (χ1v) is 12.7. The Bertz CT molecular complexity index is 1170. The molecule has 0 aromatic heterocycles. The molecule has 0 aliphatic carbocycles. The van der Waals surface area contributed by atoms with Gasteiger partial charge in [-0.2, -0.15) is 12.7 Å². The third-order valence-electron chi connectivity index (χ3n) is 5.42. The zero-order chi connectivity index (χ0) is 25.8. The molecule has 186 valence electrons. The summed E-state index contributed by atoms with van der Waals surface area (Å²) in [6, 6.07) is 9.34. The Morgan fingerprint density at radius 1 is 1.06 bits per heavy atom. The average molecular weight is 529 g/mol. The number of amides is 2. The van der Waals surface area contributed by atoms with Crippen LogP contribution < -0.4 is 9.62 Å². The Balaban J connectivity index is 2.53. The maximum absolute atomic E-state index is 13.6. The molecule has 2 aromatic rings. The Labute approximate surface area is 211 Å². The normalized spacial score (nSPS) is 12.4. The molecule has 0 radical (unpaired) electrons. The van der Waals surface area contributed by atoms with Crippen LogP contribution in [-0.4, -0.2) is 63.2 Å². The number of hydrogen-bond acceptors (Lipinski definition) is 4. The Morgan fingerprint density at radius 2 is 1.71 bits per heavy atom. The summed E-state index contributed by atoms with van der Waals surface area (Å²) >= 11 is 12.3. The van der Waals surface area contributed by atoms with Gasteiger partial charge < -0.3 is 10.2 Å². The monoisotopic (exact) mass is 528 g/mol. The first-order chi connectivity index (χ1) is 15.8. The van der Waals surface area contributed by atoms with E-state index in [1.54, 1.807) is 44.2 Å². The highest BCUT2D eigenvalue weighted by Gasteiger charge is 2.33. The number of anilines is 1. The van der Waals surface area contributed by atoms with Gasteiger partial charge in [-0.3, -0.25) is 9.59 Å². The molecule has 0 saturated carbocycles. The van der Waals surface area contributed by atoms with Gasteiger partial charge in [-0.25, -0.2) is 4.31 Å². The van der Waals surface area contributed by atoms with E-state index >= 15 is 0 Å². The highest BCUT2D eigenvalue weighted by molar-refractivity contribution is 7.90. The van der Waals surface area contributed by atoms with E-state index in [4.69, 9.17) is 23.2 Å². The minimum Gasteiger partial charge on any atom is -0.357 e. The van der Waals surface area contributed by atoms with Gasteiger partial charge in [0, 0.05) is 37.7 Å². The summed E-state index contributed by atoms with van der Waals surface area (Å²) in [5, 5.41) is 3.30. The van der Waals surface area contributed by atoms with E-state index in [2.05, 4.69) is 5.32 Å². The van der Waals surface area contributed by atoms with Crippen molar-refractivity contribution in [3.63, 3.8) is 0 Å². The van der Waals surface area contributed by atoms with Gasteiger partial charge in [-0.05, 0) is 55.7 Å². The van der Waals surface area contributed by atoms with Gasteiger partial charge in [0.05, 0.1) is 5.69 Å². The first-order valence-electron chi connectivity index (χ1n) is 10.5. The van der Waals surface area contributed by atoms with Gasteiger partial charge >= 0.3 is 10.2 Å². The molecule has 0 bridgehead atoms. The van der Waals surface area contributed by atoms with E-state index in [9.17, 15) is 18.0 Å². The van der Waals surface area contributed by atoms with Gasteiger partial charge in [-0.1, -0.05) is 41.4 Å². The highest BCUT2D eigenvalue weighted by Crippen LogP contribution is 2.27. The van der Waals surface area contributed by atoms with Gasteiger partial charge in [0.2, 0.25) is 11.8 Å². The van der Waals surface area contributed by atoms with Crippen molar-refractivity contribution in [3.8, 4) is 0 Å². The smallest absolute Gasteiger partial charge is 0.304 e. The number of carbonyl (C=O) groups is 2. The molecular formula is C23H30Cl2N4O4S. The largest absolute Gasteiger partial charge is 0.357 e. The number of aryl methyl sites for hydroxylation is 2. The van der Waals surface area contributed by atoms with Crippen LogP contribution in [0.3, 0.4) is 0 Å². The molecule has 11 heteroatoms. The summed E-state index contributed by atoms with van der Waals surface area (Å²) in [5.74, 6) is -0.958. The number of halogens is 2. The molecule has 0 heterocycles. The molecule has 34 heavy (non-hydrogen) atoms. The van der Waals surface area contributed by atoms with E-state index in [-0.39, 0.29) is 6.54 Å². The quantitative estimate of drug-likeness (QED) is 0.540. The van der Waals surface area contributed by atoms with Gasteiger partial charge in [-0.15, -0.1) is 0 Å². The van der Waals surface area contributed by atoms with Crippen LogP contribution in [-0.2, 0) is 26.3 Å². The van der Waals surface area contributed by atoms with Crippen LogP contribution >= 0.6 is 23.2 Å². The molecule has 2 amide bonds. The second-order valence-electron chi connectivity index (χ2n) is 8.13. The summed E-state index contributed by atoms with van der Waals surface area (Å²) in [5.41, 5.74) is 2.49. The molecule has 0 saturated heterocycles. The van der Waals surface area contributed by atoms with Crippen molar-refractivity contribution in [3.05, 3.63) is 63.1 Å². The topological polar surface area (TPSA) is 90.0 Å². The summed E-state index contributed by atoms with van der Waals surface area (Å²) < 4.78 is 28.6. The molecular weight excluding hydrogens is 499 g/mol. The van der Waals surface area contributed by atoms with Crippen molar-refractivity contribution in [2.75, 3.05) is 32.0 Å². The van der Waals surface area contributed by atoms with Crippen molar-refractivity contribution in [2.45, 2.75) is 33.4 Å². The number of nitrogens with one attached hydrogen (secondary N) is 1. The third-order valence-corrected chi connectivity index (χ3v) is 7.81. The second-order valence-corrected chi connectivity index (χ2v) is 11.0. The van der Waals surface area contributed by atoms with Crippen LogP contribution in [0.25, 0.3) is 0 Å². The van der Waals surface area contributed by atoms with Crippen molar-refractivity contribution < 1.29 is 18.0 Å². The minimum absolute atomic E-state index is 0.00786. The summed E-state index contributed by atoms with van der Waals surface area (Å²) in [6.45, 7) is 4.68. The lowest BCUT2D eigenvalue weighted by molar-refractivity contribution is -0.139. The SMILES string of the molecule is CNC(=O)C(C)N(Cc1ccc(Cl)cc1Cl)C(=O)CN(c1cc(C)ccc1C)S(=O)(=O)N(C)C. The van der Waals surface area contributed by atoms with Crippen molar-refractivity contribution in [2.24, 2.45) is 0 Å². The van der Waals surface area contributed by atoms with Crippen LogP contribution in [0, 0.1) is 13.8 Å². The standard InChI is InChI=1S/C23H30Cl2N4O4S/c1-15-7-8-16(2)21(11-15)29(34(32,33)27(5)6)14-22(30)28(17(3)23(31)26-4)13-18-9-10-19(24)12-20(18)25/h7-12,17H,13-14H2,1-6H3,(H,26,31). The fourth-order valence-corrected chi connectivity index (χ4v) is 4.90. The second kappa shape index (κ2) is 11.4. The average Bonchev–Trinajstić information content (AvgIpc) is 2.77. The van der Waals surface area contributed by atoms with Crippen LogP contribution in [0.1, 0.15) is 23.6 Å². The molecule has 2 rings (SSSR count). The van der Waals surface area contributed by atoms with E-state index in [0.29, 0.717) is 26.9 Å². The molecule has 2 aromatic carbocycles. The van der Waals surface area contributed by atoms with Gasteiger partial charge in [0.25, 0.3) is 0 Å². The molecule has 0 aliphatic heterocycles. The van der Waals surface area contributed by atoms with Gasteiger partial charge in [0.15, 0.2) is 0 Å². The van der Waals surface area contributed by atoms with E-state index in [1.165, 1.54) is 26.0 Å². The zero-order valence-electron chi connectivity index (χ0n) is 20.1. The number of nitrogens with zero attached hydrogens (tertiary/aromatic N) is 3. The Hall–Kier alpha value is -2.33. The lowest BCUT2D eigenvalue weighted by Crippen LogP contribution is -2.52. The summed E-state index contributed by atoms with van der Waals surface area (Å²) in [6.07, 6.45) is 0. The summed E-state index contributed by atoms with van der Waals surface area (Å²) in [4.78, 5) is 27.3. The number of hydrogen-bond donors (Lipinski definition) is 1. The fourth-order valence-electron chi connectivity index (χ4n) is 3.31. The molecule has 1 N–H and O–H groups in total. The van der Waals surface area contributed by atoms with E-state index in [0.717, 1.165) is 14.2 Å². The predicted molar refractivity (Wildman–Crippen MR) is 136 cm³/mol. The molecule has 0 fully saturated rings. The first kappa shape index (κ1) is 27.9. The number of carbonyl (C=O) groups excluding carboxylic acids is 2. The molecule has 1 atom stereocenters. The fraction of sp³-hybridized carbons (Fsp3) is 0.391. The lowest BCUT2D eigenvalue weighted by Gasteiger charge is -2.33. The molecule has 0 spiro atoms. The van der Waals surface area contributed by atoms with Crippen molar-refractivity contribution in [1.82, 2.24) is 14.5 Å². The Kier molecular flexibility index (Phi) is 9.36. The van der Waals surface area contributed by atoms with Crippen LogP contribution in [0.2, 0.25) is 10.0 Å². The van der Waals surface area contributed by atoms with Crippen LogP contribution in [0.4, 0.5) is 5.69 Å². The maximum Gasteiger partial charge on any atom is 0.304 e. The Morgan fingerprint density at radius 3 is 2.26 bits per heavy atom. The third kappa shape index (κ3) is 6.41. The molecule has 1 unspecified atom stereocenters. The maximum atomic E-state index is 13.6. The van der Waals surface area contributed by atoms with Crippen molar-refractivity contribution in [1.29, 1.82) is 0 Å². The minimum atomic E-state index is -4.02. The van der Waals surface area contributed by atoms with Crippen molar-refractivity contribution >= 4 is 50.9 Å². The lowest BCUT2D eigenvalue weighted by atomic mass is 10.1. The van der Waals surface area contributed by atoms with Crippen LogP contribution in [0.5, 0.6) is 0 Å². The van der Waals surface area contributed by atoms with E-state index in [1.807, 2.05) is 13.0 Å². The number of benzene rings is 2.